The predicted octanol–water partition coefficient (Wildman–Crippen LogP) is 3.12. The zero-order chi connectivity index (χ0) is 18.6. The van der Waals surface area contributed by atoms with Crippen molar-refractivity contribution in [2.75, 3.05) is 25.2 Å². The van der Waals surface area contributed by atoms with E-state index in [2.05, 4.69) is 5.32 Å². The molecule has 0 aliphatic carbocycles. The van der Waals surface area contributed by atoms with Crippen LogP contribution in [0.3, 0.4) is 0 Å². The lowest BCUT2D eigenvalue weighted by Crippen LogP contribution is -2.31. The number of hydrogen-bond donors (Lipinski definition) is 1. The Kier molecular flexibility index (Phi) is 6.08. The average molecular weight is 381 g/mol. The third-order valence-corrected chi connectivity index (χ3v) is 5.28. The molecule has 0 fully saturated rings. The number of nitrogens with one attached hydrogen (secondary N) is 1. The standard InChI is InChI=1S/C18H21ClN2O3S/c1-13-16(9-15(19)10-17(13)25(3,23)24)20-11-18(22)21(2)12-14-7-5-4-6-8-14/h4-10,20H,11-12H2,1-3H3. The molecular formula is C18H21ClN2O3S. The van der Waals surface area contributed by atoms with E-state index in [1.54, 1.807) is 24.9 Å². The fraction of sp³-hybridized carbons (Fsp3) is 0.278. The molecule has 0 radical (unpaired) electrons. The first kappa shape index (κ1) is 19.3. The molecule has 0 saturated carbocycles. The van der Waals surface area contributed by atoms with Crippen LogP contribution in [0, 0.1) is 6.92 Å². The number of hydrogen-bond acceptors (Lipinski definition) is 4. The van der Waals surface area contributed by atoms with Crippen molar-refractivity contribution in [1.29, 1.82) is 0 Å². The molecule has 0 atom stereocenters. The quantitative estimate of drug-likeness (QED) is 0.836. The maximum atomic E-state index is 12.3. The molecule has 2 aromatic carbocycles. The molecule has 1 amide bonds. The minimum Gasteiger partial charge on any atom is -0.376 e. The van der Waals surface area contributed by atoms with Gasteiger partial charge in [-0.1, -0.05) is 41.9 Å². The lowest BCUT2D eigenvalue weighted by molar-refractivity contribution is -0.128. The predicted molar refractivity (Wildman–Crippen MR) is 101 cm³/mol. The summed E-state index contributed by atoms with van der Waals surface area (Å²) in [7, 11) is -1.67. The van der Waals surface area contributed by atoms with Crippen LogP contribution < -0.4 is 5.32 Å². The van der Waals surface area contributed by atoms with Crippen molar-refractivity contribution in [1.82, 2.24) is 4.90 Å². The van der Waals surface area contributed by atoms with E-state index in [4.69, 9.17) is 11.6 Å². The molecule has 0 heterocycles. The van der Waals surface area contributed by atoms with Gasteiger partial charge in [0.05, 0.1) is 11.4 Å². The second kappa shape index (κ2) is 7.89. The highest BCUT2D eigenvalue weighted by Gasteiger charge is 2.16. The molecule has 134 valence electrons. The zero-order valence-corrected chi connectivity index (χ0v) is 16.0. The van der Waals surface area contributed by atoms with Crippen LogP contribution in [0.1, 0.15) is 11.1 Å². The van der Waals surface area contributed by atoms with Crippen LogP contribution in [-0.4, -0.2) is 39.1 Å². The molecule has 0 aromatic heterocycles. The van der Waals surface area contributed by atoms with Crippen molar-refractivity contribution < 1.29 is 13.2 Å². The molecule has 7 heteroatoms. The third kappa shape index (κ3) is 5.21. The van der Waals surface area contributed by atoms with Crippen LogP contribution in [-0.2, 0) is 21.2 Å². The van der Waals surface area contributed by atoms with E-state index in [1.165, 1.54) is 6.07 Å². The molecule has 1 N–H and O–H groups in total. The van der Waals surface area contributed by atoms with Gasteiger partial charge in [0, 0.05) is 30.6 Å². The Hall–Kier alpha value is -2.05. The van der Waals surface area contributed by atoms with E-state index < -0.39 is 9.84 Å². The van der Waals surface area contributed by atoms with Crippen molar-refractivity contribution in [2.24, 2.45) is 0 Å². The molecule has 0 unspecified atom stereocenters. The number of carbonyl (C=O) groups is 1. The fourth-order valence-corrected chi connectivity index (χ4v) is 3.76. The van der Waals surface area contributed by atoms with Crippen LogP contribution in [0.25, 0.3) is 0 Å². The number of benzene rings is 2. The Bertz CT molecular complexity index is 867. The summed E-state index contributed by atoms with van der Waals surface area (Å²) in [6, 6.07) is 12.7. The van der Waals surface area contributed by atoms with Gasteiger partial charge < -0.3 is 10.2 Å². The summed E-state index contributed by atoms with van der Waals surface area (Å²) in [6.07, 6.45) is 1.13. The van der Waals surface area contributed by atoms with Crippen molar-refractivity contribution in [3.63, 3.8) is 0 Å². The largest absolute Gasteiger partial charge is 0.376 e. The van der Waals surface area contributed by atoms with Crippen molar-refractivity contribution in [2.45, 2.75) is 18.4 Å². The molecule has 0 aliphatic heterocycles. The smallest absolute Gasteiger partial charge is 0.241 e. The molecule has 0 saturated heterocycles. The summed E-state index contributed by atoms with van der Waals surface area (Å²) in [6.45, 7) is 2.24. The minimum atomic E-state index is -3.39. The SMILES string of the molecule is Cc1c(NCC(=O)N(C)Cc2ccccc2)cc(Cl)cc1S(C)(=O)=O. The molecular weight excluding hydrogens is 360 g/mol. The zero-order valence-electron chi connectivity index (χ0n) is 14.4. The van der Waals surface area contributed by atoms with E-state index in [0.717, 1.165) is 11.8 Å². The van der Waals surface area contributed by atoms with Gasteiger partial charge in [0.2, 0.25) is 5.91 Å². The molecule has 25 heavy (non-hydrogen) atoms. The maximum absolute atomic E-state index is 12.3. The highest BCUT2D eigenvalue weighted by molar-refractivity contribution is 7.90. The molecule has 0 aliphatic rings. The highest BCUT2D eigenvalue weighted by atomic mass is 35.5. The first-order chi connectivity index (χ1) is 11.7. The first-order valence-electron chi connectivity index (χ1n) is 7.70. The number of sulfone groups is 1. The monoisotopic (exact) mass is 380 g/mol. The molecule has 2 aromatic rings. The maximum Gasteiger partial charge on any atom is 0.241 e. The summed E-state index contributed by atoms with van der Waals surface area (Å²) in [4.78, 5) is 14.1. The van der Waals surface area contributed by atoms with Gasteiger partial charge in [-0.2, -0.15) is 0 Å². The number of nitrogens with zero attached hydrogens (tertiary/aromatic N) is 1. The van der Waals surface area contributed by atoms with Crippen LogP contribution in [0.2, 0.25) is 5.02 Å². The number of amides is 1. The summed E-state index contributed by atoms with van der Waals surface area (Å²) in [5, 5.41) is 3.30. The van der Waals surface area contributed by atoms with E-state index in [1.807, 2.05) is 30.3 Å². The number of likely N-dealkylation sites (N-methyl/N-ethyl adjacent to an activating group) is 1. The normalized spacial score (nSPS) is 11.2. The van der Waals surface area contributed by atoms with Crippen LogP contribution >= 0.6 is 11.6 Å². The Balaban J connectivity index is 2.08. The van der Waals surface area contributed by atoms with Gasteiger partial charge in [-0.25, -0.2) is 8.42 Å². The fourth-order valence-electron chi connectivity index (χ4n) is 2.47. The Morgan fingerprint density at radius 3 is 2.44 bits per heavy atom. The topological polar surface area (TPSA) is 66.5 Å². The van der Waals surface area contributed by atoms with Gasteiger partial charge in [-0.05, 0) is 30.2 Å². The second-order valence-electron chi connectivity index (χ2n) is 5.94. The summed E-state index contributed by atoms with van der Waals surface area (Å²) in [5.41, 5.74) is 2.12. The van der Waals surface area contributed by atoms with Gasteiger partial charge in [-0.15, -0.1) is 0 Å². The Morgan fingerprint density at radius 1 is 1.20 bits per heavy atom. The Morgan fingerprint density at radius 2 is 1.84 bits per heavy atom. The molecule has 2 rings (SSSR count). The number of anilines is 1. The minimum absolute atomic E-state index is 0.0493. The molecule has 5 nitrogen and oxygen atoms in total. The van der Waals surface area contributed by atoms with E-state index in [9.17, 15) is 13.2 Å². The van der Waals surface area contributed by atoms with Crippen molar-refractivity contribution in [3.05, 3.63) is 58.6 Å². The second-order valence-corrected chi connectivity index (χ2v) is 8.36. The highest BCUT2D eigenvalue weighted by Crippen LogP contribution is 2.28. The van der Waals surface area contributed by atoms with Crippen LogP contribution in [0.5, 0.6) is 0 Å². The lowest BCUT2D eigenvalue weighted by atomic mass is 10.2. The van der Waals surface area contributed by atoms with E-state index in [0.29, 0.717) is 22.8 Å². The molecule has 0 spiro atoms. The lowest BCUT2D eigenvalue weighted by Gasteiger charge is -2.19. The van der Waals surface area contributed by atoms with E-state index >= 15 is 0 Å². The van der Waals surface area contributed by atoms with Gasteiger partial charge >= 0.3 is 0 Å². The number of carbonyl (C=O) groups excluding carboxylic acids is 1. The van der Waals surface area contributed by atoms with Gasteiger partial charge in [0.15, 0.2) is 9.84 Å². The average Bonchev–Trinajstić information content (AvgIpc) is 2.54. The summed E-state index contributed by atoms with van der Waals surface area (Å²) >= 11 is 6.01. The molecule has 0 bridgehead atoms. The summed E-state index contributed by atoms with van der Waals surface area (Å²) < 4.78 is 23.7. The van der Waals surface area contributed by atoms with Gasteiger partial charge in [0.25, 0.3) is 0 Å². The number of halogens is 1. The van der Waals surface area contributed by atoms with Crippen molar-refractivity contribution >= 4 is 33.0 Å². The van der Waals surface area contributed by atoms with E-state index in [-0.39, 0.29) is 17.3 Å². The van der Waals surface area contributed by atoms with Gasteiger partial charge in [-0.3, -0.25) is 4.79 Å². The first-order valence-corrected chi connectivity index (χ1v) is 9.97. The third-order valence-electron chi connectivity index (χ3n) is 3.84. The van der Waals surface area contributed by atoms with Gasteiger partial charge in [0.1, 0.15) is 0 Å². The van der Waals surface area contributed by atoms with Crippen LogP contribution in [0.4, 0.5) is 5.69 Å². The van der Waals surface area contributed by atoms with Crippen LogP contribution in [0.15, 0.2) is 47.4 Å². The van der Waals surface area contributed by atoms with Crippen molar-refractivity contribution in [3.8, 4) is 0 Å². The number of rotatable bonds is 6. The Labute approximate surface area is 153 Å². The summed E-state index contributed by atoms with van der Waals surface area (Å²) in [5.74, 6) is -0.107.